The summed E-state index contributed by atoms with van der Waals surface area (Å²) in [7, 11) is 1.67. The summed E-state index contributed by atoms with van der Waals surface area (Å²) >= 11 is 0. The molecule has 0 amide bonds. The molecule has 2 aromatic carbocycles. The minimum atomic E-state index is 0.770. The van der Waals surface area contributed by atoms with Crippen LogP contribution < -0.4 is 14.7 Å². The fraction of sp³-hybridized carbons (Fsp3) is 0.185. The molecule has 0 N–H and O–H groups in total. The van der Waals surface area contributed by atoms with Gasteiger partial charge in [0.1, 0.15) is 30.2 Å². The molecule has 0 fully saturated rings. The first-order valence-electron chi connectivity index (χ1n) is 10.9. The zero-order chi connectivity index (χ0) is 22.1. The molecule has 5 rings (SSSR count). The van der Waals surface area contributed by atoms with Crippen LogP contribution in [0.15, 0.2) is 83.5 Å². The van der Waals surface area contributed by atoms with E-state index >= 15 is 0 Å². The van der Waals surface area contributed by atoms with E-state index < -0.39 is 0 Å². The summed E-state index contributed by atoms with van der Waals surface area (Å²) in [6.45, 7) is 6.22. The summed E-state index contributed by atoms with van der Waals surface area (Å²) in [6, 6.07) is 22.6. The maximum atomic E-state index is 6.39. The molecular weight excluding hydrogens is 398 g/mol. The van der Waals surface area contributed by atoms with E-state index in [0.29, 0.717) is 0 Å². The highest BCUT2D eigenvalue weighted by molar-refractivity contribution is 6.01. The van der Waals surface area contributed by atoms with Crippen molar-refractivity contribution in [2.75, 3.05) is 20.2 Å². The highest BCUT2D eigenvalue weighted by Crippen LogP contribution is 2.40. The molecule has 5 heteroatoms. The lowest BCUT2D eigenvalue weighted by molar-refractivity contribution is 0.414. The van der Waals surface area contributed by atoms with Gasteiger partial charge in [0, 0.05) is 40.4 Å². The Bertz CT molecular complexity index is 1420. The minimum Gasteiger partial charge on any atom is -0.497 e. The molecule has 0 unspecified atom stereocenters. The van der Waals surface area contributed by atoms with Crippen LogP contribution in [-0.2, 0) is 0 Å². The fourth-order valence-corrected chi connectivity index (χ4v) is 4.26. The van der Waals surface area contributed by atoms with E-state index in [1.165, 1.54) is 0 Å². The Balaban J connectivity index is 1.80. The molecule has 2 heterocycles. The SMILES string of the molecule is CC[N+](CC)=c1ccc2c(-c3cnn(-c4ccccc4)c3)c3ccc(OC)cc3oc-2c1. The molecule has 0 saturated carbocycles. The van der Waals surface area contributed by atoms with Gasteiger partial charge < -0.3 is 9.15 Å². The minimum absolute atomic E-state index is 0.770. The number of aromatic nitrogens is 2. The van der Waals surface area contributed by atoms with Crippen molar-refractivity contribution < 1.29 is 9.15 Å². The number of rotatable bonds is 5. The number of ether oxygens (including phenoxy) is 1. The zero-order valence-corrected chi connectivity index (χ0v) is 18.6. The van der Waals surface area contributed by atoms with Crippen molar-refractivity contribution in [2.24, 2.45) is 0 Å². The third-order valence-corrected chi connectivity index (χ3v) is 5.93. The molecular formula is C27H26N3O2+. The molecule has 0 bridgehead atoms. The van der Waals surface area contributed by atoms with E-state index in [9.17, 15) is 0 Å². The Hall–Kier alpha value is -3.86. The van der Waals surface area contributed by atoms with Crippen molar-refractivity contribution in [1.82, 2.24) is 14.4 Å². The van der Waals surface area contributed by atoms with E-state index in [4.69, 9.17) is 9.15 Å². The van der Waals surface area contributed by atoms with Crippen LogP contribution in [0.1, 0.15) is 13.8 Å². The number of fused-ring (bicyclic) bond motifs is 2. The van der Waals surface area contributed by atoms with Gasteiger partial charge in [-0.1, -0.05) is 18.2 Å². The van der Waals surface area contributed by atoms with Crippen molar-refractivity contribution in [1.29, 1.82) is 0 Å². The van der Waals surface area contributed by atoms with Gasteiger partial charge in [0.2, 0.25) is 5.36 Å². The number of methoxy groups -OCH3 is 1. The van der Waals surface area contributed by atoms with Gasteiger partial charge in [0.25, 0.3) is 0 Å². The Morgan fingerprint density at radius 2 is 1.78 bits per heavy atom. The number of hydrogen-bond donors (Lipinski definition) is 0. The van der Waals surface area contributed by atoms with Crippen molar-refractivity contribution in [2.45, 2.75) is 13.8 Å². The highest BCUT2D eigenvalue weighted by atomic mass is 16.5. The van der Waals surface area contributed by atoms with Gasteiger partial charge in [-0.05, 0) is 44.2 Å². The average Bonchev–Trinajstić information content (AvgIpc) is 3.33. The van der Waals surface area contributed by atoms with Crippen LogP contribution in [0.3, 0.4) is 0 Å². The molecule has 1 aromatic heterocycles. The Kier molecular flexibility index (Phi) is 5.23. The molecule has 0 radical (unpaired) electrons. The van der Waals surface area contributed by atoms with Gasteiger partial charge >= 0.3 is 0 Å². The molecule has 3 aromatic rings. The van der Waals surface area contributed by atoms with Gasteiger partial charge in [-0.2, -0.15) is 5.10 Å². The second kappa shape index (κ2) is 8.35. The van der Waals surface area contributed by atoms with Gasteiger partial charge in [0.15, 0.2) is 0 Å². The molecule has 2 aliphatic rings. The quantitative estimate of drug-likeness (QED) is 0.287. The van der Waals surface area contributed by atoms with E-state index in [0.717, 1.165) is 63.3 Å². The van der Waals surface area contributed by atoms with Crippen molar-refractivity contribution in [3.63, 3.8) is 0 Å². The molecule has 1 aliphatic carbocycles. The molecule has 0 saturated heterocycles. The third kappa shape index (κ3) is 3.46. The fourth-order valence-electron chi connectivity index (χ4n) is 4.26. The van der Waals surface area contributed by atoms with Gasteiger partial charge in [-0.3, -0.25) is 0 Å². The van der Waals surface area contributed by atoms with Crippen molar-refractivity contribution in [3.8, 4) is 33.9 Å². The summed E-state index contributed by atoms with van der Waals surface area (Å²) in [5.41, 5.74) is 5.03. The second-order valence-corrected chi connectivity index (χ2v) is 7.70. The lowest BCUT2D eigenvalue weighted by atomic mass is 9.95. The van der Waals surface area contributed by atoms with Crippen molar-refractivity contribution >= 4 is 11.0 Å². The zero-order valence-electron chi connectivity index (χ0n) is 18.6. The van der Waals surface area contributed by atoms with Gasteiger partial charge in [-0.15, -0.1) is 0 Å². The number of benzene rings is 3. The van der Waals surface area contributed by atoms with Crippen LogP contribution in [0.4, 0.5) is 0 Å². The molecule has 32 heavy (non-hydrogen) atoms. The maximum absolute atomic E-state index is 6.39. The summed E-state index contributed by atoms with van der Waals surface area (Å²) < 4.78 is 16.1. The van der Waals surface area contributed by atoms with Crippen LogP contribution in [0, 0.1) is 0 Å². The second-order valence-electron chi connectivity index (χ2n) is 7.70. The first-order valence-corrected chi connectivity index (χ1v) is 10.9. The topological polar surface area (TPSA) is 43.2 Å². The van der Waals surface area contributed by atoms with Gasteiger partial charge in [0.05, 0.1) is 25.1 Å². The van der Waals surface area contributed by atoms with Crippen molar-refractivity contribution in [3.05, 3.63) is 84.5 Å². The average molecular weight is 425 g/mol. The normalized spacial score (nSPS) is 11.2. The van der Waals surface area contributed by atoms with Crippen LogP contribution in [0.2, 0.25) is 0 Å². The summed E-state index contributed by atoms with van der Waals surface area (Å²) in [5, 5.41) is 6.82. The number of para-hydroxylation sites is 1. The predicted octanol–water partition coefficient (Wildman–Crippen LogP) is 5.21. The molecule has 0 spiro atoms. The monoisotopic (exact) mass is 424 g/mol. The van der Waals surface area contributed by atoms with Crippen LogP contribution >= 0.6 is 0 Å². The Morgan fingerprint density at radius 3 is 2.53 bits per heavy atom. The van der Waals surface area contributed by atoms with Crippen LogP contribution in [-0.4, -0.2) is 30.0 Å². The standard InChI is InChI=1S/C27H26N3O2/c1-4-29(5-2)21-11-13-23-25(15-21)32-26-16-22(31-3)12-14-24(26)27(23)19-17-28-30(18-19)20-9-7-6-8-10-20/h6-18H,4-5H2,1-3H3/q+1. The molecule has 160 valence electrons. The molecule has 5 nitrogen and oxygen atoms in total. The third-order valence-electron chi connectivity index (χ3n) is 5.93. The summed E-state index contributed by atoms with van der Waals surface area (Å²) in [4.78, 5) is 0. The largest absolute Gasteiger partial charge is 0.497 e. The smallest absolute Gasteiger partial charge is 0.203 e. The first kappa shape index (κ1) is 20.1. The van der Waals surface area contributed by atoms with E-state index in [2.05, 4.69) is 66.1 Å². The predicted molar refractivity (Wildman–Crippen MR) is 128 cm³/mol. The van der Waals surface area contributed by atoms with Crippen LogP contribution in [0.5, 0.6) is 5.75 Å². The van der Waals surface area contributed by atoms with Gasteiger partial charge in [-0.25, -0.2) is 9.26 Å². The lowest BCUT2D eigenvalue weighted by Gasteiger charge is -2.14. The van der Waals surface area contributed by atoms with E-state index in [1.54, 1.807) is 7.11 Å². The number of hydrogen-bond acceptors (Lipinski definition) is 3. The maximum Gasteiger partial charge on any atom is 0.203 e. The highest BCUT2D eigenvalue weighted by Gasteiger charge is 2.20. The van der Waals surface area contributed by atoms with Crippen LogP contribution in [0.25, 0.3) is 39.1 Å². The first-order chi connectivity index (χ1) is 15.7. The summed E-state index contributed by atoms with van der Waals surface area (Å²) in [6.07, 6.45) is 4.00. The van der Waals surface area contributed by atoms with E-state index in [1.807, 2.05) is 41.2 Å². The molecule has 0 atom stereocenters. The Labute approximate surface area is 187 Å². The Morgan fingerprint density at radius 1 is 0.969 bits per heavy atom. The lowest BCUT2D eigenvalue weighted by Crippen LogP contribution is -2.29. The number of nitrogens with zero attached hydrogens (tertiary/aromatic N) is 3. The van der Waals surface area contributed by atoms with E-state index in [-0.39, 0.29) is 0 Å². The summed E-state index contributed by atoms with van der Waals surface area (Å²) in [5.74, 6) is 1.61. The molecule has 1 aliphatic heterocycles.